The summed E-state index contributed by atoms with van der Waals surface area (Å²) in [7, 11) is 0. The van der Waals surface area contributed by atoms with Crippen molar-refractivity contribution in [3.63, 3.8) is 0 Å². The minimum atomic E-state index is -4.48. The Labute approximate surface area is 190 Å². The Balaban J connectivity index is 1.41. The van der Waals surface area contributed by atoms with Gasteiger partial charge in [0.25, 0.3) is 0 Å². The van der Waals surface area contributed by atoms with E-state index in [9.17, 15) is 22.4 Å². The molecule has 174 valence electrons. The predicted octanol–water partition coefficient (Wildman–Crippen LogP) is 5.68. The second-order valence-corrected chi connectivity index (χ2v) is 7.12. The van der Waals surface area contributed by atoms with Crippen molar-refractivity contribution in [3.8, 4) is 11.5 Å². The van der Waals surface area contributed by atoms with Gasteiger partial charge in [0.2, 0.25) is 0 Å². The van der Waals surface area contributed by atoms with Crippen molar-refractivity contribution in [3.05, 3.63) is 83.9 Å². The molecule has 34 heavy (non-hydrogen) atoms. The van der Waals surface area contributed by atoms with E-state index >= 15 is 0 Å². The number of hydrogen-bond acceptors (Lipinski definition) is 5. The largest absolute Gasteiger partial charge is 0.454 e. The third-order valence-electron chi connectivity index (χ3n) is 4.66. The fourth-order valence-electron chi connectivity index (χ4n) is 3.02. The van der Waals surface area contributed by atoms with Crippen molar-refractivity contribution in [1.29, 1.82) is 0 Å². The van der Waals surface area contributed by atoms with E-state index in [1.54, 1.807) is 24.4 Å². The van der Waals surface area contributed by atoms with E-state index in [-0.39, 0.29) is 23.7 Å². The molecule has 4 N–H and O–H groups in total. The van der Waals surface area contributed by atoms with Crippen molar-refractivity contribution in [2.24, 2.45) is 5.73 Å². The van der Waals surface area contributed by atoms with Crippen LogP contribution in [0.3, 0.4) is 0 Å². The second kappa shape index (κ2) is 9.32. The summed E-state index contributed by atoms with van der Waals surface area (Å²) in [6.45, 7) is 0.226. The lowest BCUT2D eigenvalue weighted by Gasteiger charge is -2.11. The molecule has 1 aromatic heterocycles. The Morgan fingerprint density at radius 3 is 2.32 bits per heavy atom. The topological polar surface area (TPSA) is 102 Å². The standard InChI is InChI=1S/C23H17F4N5O2/c24-18-9-15(32-22(33)31-14-3-1-13(2-4-14)23(25,26)27)5-8-21(18)34-17-6-7-19-20(10-17)30-16(11-28)12-29-19/h1-10,12H,11,28H2,(H2,31,32,33). The van der Waals surface area contributed by atoms with Gasteiger partial charge in [0, 0.05) is 30.1 Å². The molecular formula is C23H17F4N5O2. The van der Waals surface area contributed by atoms with Crippen LogP contribution in [0.2, 0.25) is 0 Å². The normalized spacial score (nSPS) is 11.3. The van der Waals surface area contributed by atoms with Gasteiger partial charge in [-0.25, -0.2) is 14.2 Å². The highest BCUT2D eigenvalue weighted by Crippen LogP contribution is 2.30. The average Bonchev–Trinajstić information content (AvgIpc) is 2.80. The number of anilines is 2. The van der Waals surface area contributed by atoms with Gasteiger partial charge in [0.15, 0.2) is 11.6 Å². The third-order valence-corrected chi connectivity index (χ3v) is 4.66. The first-order valence-electron chi connectivity index (χ1n) is 9.90. The maximum atomic E-state index is 14.6. The summed E-state index contributed by atoms with van der Waals surface area (Å²) in [5.74, 6) is -0.499. The number of hydrogen-bond donors (Lipinski definition) is 3. The predicted molar refractivity (Wildman–Crippen MR) is 118 cm³/mol. The van der Waals surface area contributed by atoms with E-state index in [1.165, 1.54) is 12.1 Å². The van der Waals surface area contributed by atoms with Crippen LogP contribution in [0.25, 0.3) is 11.0 Å². The van der Waals surface area contributed by atoms with Gasteiger partial charge in [-0.3, -0.25) is 4.98 Å². The van der Waals surface area contributed by atoms with Crippen molar-refractivity contribution >= 4 is 28.4 Å². The molecule has 0 unspecified atom stereocenters. The van der Waals surface area contributed by atoms with Crippen molar-refractivity contribution in [2.45, 2.75) is 12.7 Å². The molecule has 1 heterocycles. The Kier molecular flexibility index (Phi) is 6.28. The van der Waals surface area contributed by atoms with Crippen LogP contribution in [-0.4, -0.2) is 16.0 Å². The van der Waals surface area contributed by atoms with E-state index in [4.69, 9.17) is 10.5 Å². The molecule has 0 radical (unpaired) electrons. The summed E-state index contributed by atoms with van der Waals surface area (Å²) >= 11 is 0. The molecule has 0 fully saturated rings. The second-order valence-electron chi connectivity index (χ2n) is 7.12. The average molecular weight is 471 g/mol. The molecule has 0 bridgehead atoms. The number of ether oxygens (including phenoxy) is 1. The third kappa shape index (κ3) is 5.38. The van der Waals surface area contributed by atoms with Crippen molar-refractivity contribution in [2.75, 3.05) is 10.6 Å². The first kappa shape index (κ1) is 22.9. The van der Waals surface area contributed by atoms with Crippen LogP contribution >= 0.6 is 0 Å². The molecule has 0 aliphatic carbocycles. The fraction of sp³-hybridized carbons (Fsp3) is 0.0870. The van der Waals surface area contributed by atoms with Crippen LogP contribution in [0.15, 0.2) is 66.9 Å². The molecule has 3 aromatic carbocycles. The number of carbonyl (C=O) groups excluding carboxylic acids is 1. The maximum absolute atomic E-state index is 14.6. The molecule has 0 spiro atoms. The number of alkyl halides is 3. The molecule has 0 saturated carbocycles. The van der Waals surface area contributed by atoms with E-state index in [1.807, 2.05) is 0 Å². The molecular weight excluding hydrogens is 454 g/mol. The molecule has 0 atom stereocenters. The summed E-state index contributed by atoms with van der Waals surface area (Å²) in [6, 6.07) is 11.9. The number of nitrogens with two attached hydrogens (primary N) is 1. The number of nitrogens with zero attached hydrogens (tertiary/aromatic N) is 2. The highest BCUT2D eigenvalue weighted by molar-refractivity contribution is 5.99. The fourth-order valence-corrected chi connectivity index (χ4v) is 3.02. The summed E-state index contributed by atoms with van der Waals surface area (Å²) in [4.78, 5) is 20.7. The van der Waals surface area contributed by atoms with Gasteiger partial charge < -0.3 is 21.1 Å². The van der Waals surface area contributed by atoms with Crippen LogP contribution in [0.4, 0.5) is 33.7 Å². The van der Waals surface area contributed by atoms with Crippen molar-refractivity contribution in [1.82, 2.24) is 9.97 Å². The van der Waals surface area contributed by atoms with Crippen LogP contribution in [0.5, 0.6) is 11.5 Å². The van der Waals surface area contributed by atoms with E-state index in [2.05, 4.69) is 20.6 Å². The molecule has 0 aliphatic heterocycles. The number of carbonyl (C=O) groups is 1. The number of amides is 2. The number of nitrogens with one attached hydrogen (secondary N) is 2. The number of rotatable bonds is 5. The van der Waals surface area contributed by atoms with Crippen LogP contribution in [0.1, 0.15) is 11.3 Å². The molecule has 7 nitrogen and oxygen atoms in total. The van der Waals surface area contributed by atoms with Crippen LogP contribution < -0.4 is 21.1 Å². The Morgan fingerprint density at radius 1 is 0.941 bits per heavy atom. The lowest BCUT2D eigenvalue weighted by atomic mass is 10.2. The van der Waals surface area contributed by atoms with Gasteiger partial charge in [-0.05, 0) is 48.5 Å². The van der Waals surface area contributed by atoms with Crippen LogP contribution in [0, 0.1) is 5.82 Å². The molecule has 4 rings (SSSR count). The summed E-state index contributed by atoms with van der Waals surface area (Å²) in [6.07, 6.45) is -2.90. The SMILES string of the molecule is NCc1cnc2ccc(Oc3ccc(NC(=O)Nc4ccc(C(F)(F)F)cc4)cc3F)cc2n1. The highest BCUT2D eigenvalue weighted by atomic mass is 19.4. The van der Waals surface area contributed by atoms with Gasteiger partial charge in [0.05, 0.1) is 28.5 Å². The Morgan fingerprint density at radius 2 is 1.65 bits per heavy atom. The van der Waals surface area contributed by atoms with Crippen molar-refractivity contribution < 1.29 is 27.1 Å². The summed E-state index contributed by atoms with van der Waals surface area (Å²) < 4.78 is 58.0. The monoisotopic (exact) mass is 471 g/mol. The zero-order chi connectivity index (χ0) is 24.3. The highest BCUT2D eigenvalue weighted by Gasteiger charge is 2.30. The van der Waals surface area contributed by atoms with Gasteiger partial charge >= 0.3 is 12.2 Å². The first-order valence-corrected chi connectivity index (χ1v) is 9.90. The zero-order valence-electron chi connectivity index (χ0n) is 17.4. The van der Waals surface area contributed by atoms with Crippen LogP contribution in [-0.2, 0) is 12.7 Å². The van der Waals surface area contributed by atoms with E-state index in [0.29, 0.717) is 22.5 Å². The lowest BCUT2D eigenvalue weighted by molar-refractivity contribution is -0.137. The number of urea groups is 1. The summed E-state index contributed by atoms with van der Waals surface area (Å²) in [5.41, 5.74) is 6.76. The molecule has 11 heteroatoms. The number of aromatic nitrogens is 2. The Bertz CT molecular complexity index is 1340. The Hall–Kier alpha value is -4.25. The zero-order valence-corrected chi connectivity index (χ0v) is 17.4. The van der Waals surface area contributed by atoms with Gasteiger partial charge in [-0.2, -0.15) is 13.2 Å². The molecule has 4 aromatic rings. The van der Waals surface area contributed by atoms with E-state index in [0.717, 1.165) is 30.3 Å². The minimum absolute atomic E-state index is 0.0870. The molecule has 0 aliphatic rings. The summed E-state index contributed by atoms with van der Waals surface area (Å²) in [5, 5.41) is 4.78. The smallest absolute Gasteiger partial charge is 0.416 e. The van der Waals surface area contributed by atoms with Gasteiger partial charge in [0.1, 0.15) is 5.75 Å². The number of halogens is 4. The lowest BCUT2D eigenvalue weighted by Crippen LogP contribution is -2.19. The molecule has 0 saturated heterocycles. The minimum Gasteiger partial charge on any atom is -0.454 e. The van der Waals surface area contributed by atoms with E-state index < -0.39 is 23.6 Å². The van der Waals surface area contributed by atoms with Gasteiger partial charge in [-0.15, -0.1) is 0 Å². The number of fused-ring (bicyclic) bond motifs is 1. The maximum Gasteiger partial charge on any atom is 0.416 e. The number of benzene rings is 3. The molecule has 2 amide bonds. The first-order chi connectivity index (χ1) is 16.2. The van der Waals surface area contributed by atoms with Gasteiger partial charge in [-0.1, -0.05) is 0 Å². The quantitative estimate of drug-likeness (QED) is 0.325.